The quantitative estimate of drug-likeness (QED) is 0.504. The fourth-order valence-corrected chi connectivity index (χ4v) is 3.79. The lowest BCUT2D eigenvalue weighted by Crippen LogP contribution is -2.39. The first kappa shape index (κ1) is 21.5. The number of hydrogen-bond donors (Lipinski definition) is 2. The zero-order valence-electron chi connectivity index (χ0n) is 18.7. The average Bonchev–Trinajstić information content (AvgIpc) is 3.64. The largest absolute Gasteiger partial charge is 0.493 e. The average molecular weight is 423 g/mol. The van der Waals surface area contributed by atoms with E-state index in [4.69, 9.17) is 9.47 Å². The summed E-state index contributed by atoms with van der Waals surface area (Å²) in [7, 11) is 1.81. The summed E-state index contributed by atoms with van der Waals surface area (Å²) in [5.74, 6) is 2.50. The molecule has 0 spiro atoms. The number of hydrogen-bond acceptors (Lipinski definition) is 4. The van der Waals surface area contributed by atoms with Gasteiger partial charge in [0, 0.05) is 44.5 Å². The van der Waals surface area contributed by atoms with Gasteiger partial charge in [-0.1, -0.05) is 30.3 Å². The van der Waals surface area contributed by atoms with Gasteiger partial charge in [0.05, 0.1) is 19.8 Å². The van der Waals surface area contributed by atoms with Crippen LogP contribution in [0.2, 0.25) is 0 Å². The molecule has 0 radical (unpaired) electrons. The van der Waals surface area contributed by atoms with Gasteiger partial charge in [-0.05, 0) is 48.9 Å². The molecule has 2 N–H and O–H groups in total. The zero-order valence-corrected chi connectivity index (χ0v) is 18.7. The van der Waals surface area contributed by atoms with Gasteiger partial charge in [-0.25, -0.2) is 0 Å². The van der Waals surface area contributed by atoms with E-state index < -0.39 is 0 Å². The summed E-state index contributed by atoms with van der Waals surface area (Å²) >= 11 is 0. The van der Waals surface area contributed by atoms with E-state index in [-0.39, 0.29) is 0 Å². The van der Waals surface area contributed by atoms with Gasteiger partial charge in [0.2, 0.25) is 0 Å². The van der Waals surface area contributed by atoms with Crippen molar-refractivity contribution in [2.75, 3.05) is 44.9 Å². The second-order valence-electron chi connectivity index (χ2n) is 8.37. The van der Waals surface area contributed by atoms with Gasteiger partial charge in [-0.2, -0.15) is 0 Å². The van der Waals surface area contributed by atoms with Crippen molar-refractivity contribution in [3.8, 4) is 5.75 Å². The minimum Gasteiger partial charge on any atom is -0.493 e. The predicted molar refractivity (Wildman–Crippen MR) is 126 cm³/mol. The molecule has 166 valence electrons. The number of guanidine groups is 1. The number of nitrogens with one attached hydrogen (secondary N) is 2. The highest BCUT2D eigenvalue weighted by Gasteiger charge is 2.22. The Bertz CT molecular complexity index is 889. The van der Waals surface area contributed by atoms with Crippen molar-refractivity contribution in [3.05, 3.63) is 59.2 Å². The molecular formula is C25H34N4O2. The molecule has 0 bridgehead atoms. The van der Waals surface area contributed by atoms with E-state index in [9.17, 15) is 0 Å². The van der Waals surface area contributed by atoms with Crippen LogP contribution in [0.5, 0.6) is 5.75 Å². The monoisotopic (exact) mass is 422 g/mol. The minimum absolute atomic E-state index is 0.672. The molecule has 6 nitrogen and oxygen atoms in total. The Morgan fingerprint density at radius 2 is 1.81 bits per heavy atom. The highest BCUT2D eigenvalue weighted by molar-refractivity contribution is 5.80. The van der Waals surface area contributed by atoms with E-state index in [1.54, 1.807) is 0 Å². The molecule has 1 aliphatic carbocycles. The molecule has 1 saturated carbocycles. The molecule has 2 fully saturated rings. The number of rotatable bonds is 8. The Kier molecular flexibility index (Phi) is 7.30. The number of anilines is 1. The molecule has 31 heavy (non-hydrogen) atoms. The van der Waals surface area contributed by atoms with Crippen molar-refractivity contribution >= 4 is 11.6 Å². The van der Waals surface area contributed by atoms with Gasteiger partial charge in [-0.15, -0.1) is 0 Å². The van der Waals surface area contributed by atoms with Crippen LogP contribution in [0.3, 0.4) is 0 Å². The smallest absolute Gasteiger partial charge is 0.191 e. The molecule has 2 aromatic rings. The summed E-state index contributed by atoms with van der Waals surface area (Å²) in [6, 6.07) is 15.0. The Morgan fingerprint density at radius 3 is 2.55 bits per heavy atom. The van der Waals surface area contributed by atoms with Crippen molar-refractivity contribution in [2.45, 2.75) is 32.9 Å². The van der Waals surface area contributed by atoms with E-state index in [0.29, 0.717) is 13.1 Å². The number of para-hydroxylation sites is 1. The third-order valence-corrected chi connectivity index (χ3v) is 5.85. The molecule has 1 heterocycles. The molecule has 1 saturated heterocycles. The maximum absolute atomic E-state index is 6.10. The number of aryl methyl sites for hydroxylation is 1. The maximum atomic E-state index is 6.10. The van der Waals surface area contributed by atoms with Crippen LogP contribution in [-0.4, -0.2) is 45.9 Å². The number of ether oxygens (including phenoxy) is 2. The van der Waals surface area contributed by atoms with Crippen LogP contribution in [-0.2, 0) is 17.8 Å². The number of nitrogens with zero attached hydrogens (tertiary/aromatic N) is 2. The van der Waals surface area contributed by atoms with Crippen LogP contribution < -0.4 is 20.3 Å². The Balaban J connectivity index is 1.35. The second-order valence-corrected chi connectivity index (χ2v) is 8.37. The lowest BCUT2D eigenvalue weighted by atomic mass is 10.1. The van der Waals surface area contributed by atoms with Crippen LogP contribution in [0.25, 0.3) is 0 Å². The number of aliphatic imine (C=N–C) groups is 1. The topological polar surface area (TPSA) is 58.1 Å². The third-order valence-electron chi connectivity index (χ3n) is 5.85. The fourth-order valence-electron chi connectivity index (χ4n) is 3.79. The van der Waals surface area contributed by atoms with Crippen molar-refractivity contribution in [2.24, 2.45) is 10.9 Å². The molecular weight excluding hydrogens is 388 g/mol. The zero-order chi connectivity index (χ0) is 21.5. The van der Waals surface area contributed by atoms with Gasteiger partial charge in [0.25, 0.3) is 0 Å². The lowest BCUT2D eigenvalue weighted by Gasteiger charge is -2.30. The second kappa shape index (κ2) is 10.5. The van der Waals surface area contributed by atoms with Gasteiger partial charge >= 0.3 is 0 Å². The maximum Gasteiger partial charge on any atom is 0.191 e. The Hall–Kier alpha value is -2.73. The van der Waals surface area contributed by atoms with E-state index in [2.05, 4.69) is 69.9 Å². The van der Waals surface area contributed by atoms with Crippen molar-refractivity contribution in [3.63, 3.8) is 0 Å². The van der Waals surface area contributed by atoms with E-state index >= 15 is 0 Å². The molecule has 0 aromatic heterocycles. The summed E-state index contributed by atoms with van der Waals surface area (Å²) in [4.78, 5) is 6.81. The number of morpholine rings is 1. The summed E-state index contributed by atoms with van der Waals surface area (Å²) in [6.45, 7) is 7.74. The van der Waals surface area contributed by atoms with E-state index in [0.717, 1.165) is 56.1 Å². The van der Waals surface area contributed by atoms with Crippen molar-refractivity contribution in [1.29, 1.82) is 0 Å². The molecule has 0 atom stereocenters. The molecule has 2 aromatic carbocycles. The highest BCUT2D eigenvalue weighted by atomic mass is 16.5. The lowest BCUT2D eigenvalue weighted by molar-refractivity contribution is 0.122. The van der Waals surface area contributed by atoms with Crippen molar-refractivity contribution in [1.82, 2.24) is 10.6 Å². The summed E-state index contributed by atoms with van der Waals surface area (Å²) in [5.41, 5.74) is 4.90. The molecule has 0 unspecified atom stereocenters. The first-order valence-corrected chi connectivity index (χ1v) is 11.3. The highest BCUT2D eigenvalue weighted by Crippen LogP contribution is 2.30. The molecule has 2 aliphatic rings. The van der Waals surface area contributed by atoms with Crippen LogP contribution >= 0.6 is 0 Å². The normalized spacial score (nSPS) is 16.8. The van der Waals surface area contributed by atoms with Crippen LogP contribution in [0, 0.1) is 12.8 Å². The fraction of sp³-hybridized carbons (Fsp3) is 0.480. The Morgan fingerprint density at radius 1 is 1.06 bits per heavy atom. The SMILES string of the molecule is CN=C(NCc1ccc(C)cc1OCC1CC1)NCc1ccccc1N1CCOCC1. The predicted octanol–water partition coefficient (Wildman–Crippen LogP) is 3.49. The number of benzene rings is 2. The standard InChI is InChI=1S/C25H34N4O2/c1-19-7-10-22(24(15-19)31-18-20-8-9-20)17-28-25(26-2)27-16-21-5-3-4-6-23(21)29-11-13-30-14-12-29/h3-7,10,15,20H,8-9,11-14,16-18H2,1-2H3,(H2,26,27,28). The summed E-state index contributed by atoms with van der Waals surface area (Å²) in [6.07, 6.45) is 2.59. The van der Waals surface area contributed by atoms with Gasteiger partial charge in [0.15, 0.2) is 5.96 Å². The van der Waals surface area contributed by atoms with Crippen LogP contribution in [0.1, 0.15) is 29.5 Å². The summed E-state index contributed by atoms with van der Waals surface area (Å²) < 4.78 is 11.6. The molecule has 6 heteroatoms. The first-order chi connectivity index (χ1) is 15.2. The van der Waals surface area contributed by atoms with Crippen LogP contribution in [0.4, 0.5) is 5.69 Å². The van der Waals surface area contributed by atoms with Gasteiger partial charge in [0.1, 0.15) is 5.75 Å². The molecule has 4 rings (SSSR count). The molecule has 0 amide bonds. The van der Waals surface area contributed by atoms with Crippen LogP contribution in [0.15, 0.2) is 47.5 Å². The van der Waals surface area contributed by atoms with Gasteiger partial charge in [-0.3, -0.25) is 4.99 Å². The third kappa shape index (κ3) is 6.14. The van der Waals surface area contributed by atoms with E-state index in [1.807, 2.05) is 7.05 Å². The Labute approximate surface area is 185 Å². The molecule has 1 aliphatic heterocycles. The summed E-state index contributed by atoms with van der Waals surface area (Å²) in [5, 5.41) is 6.91. The van der Waals surface area contributed by atoms with Gasteiger partial charge < -0.3 is 25.0 Å². The van der Waals surface area contributed by atoms with Crippen molar-refractivity contribution < 1.29 is 9.47 Å². The minimum atomic E-state index is 0.672. The first-order valence-electron chi connectivity index (χ1n) is 11.3. The van der Waals surface area contributed by atoms with E-state index in [1.165, 1.54) is 29.7 Å².